The van der Waals surface area contributed by atoms with Crippen molar-refractivity contribution in [2.45, 2.75) is 112 Å². The summed E-state index contributed by atoms with van der Waals surface area (Å²) < 4.78 is 0. The van der Waals surface area contributed by atoms with Crippen molar-refractivity contribution in [3.05, 3.63) is 23.8 Å². The first-order valence-electron chi connectivity index (χ1n) is 13.3. The molecule has 8 atom stereocenters. The van der Waals surface area contributed by atoms with Gasteiger partial charge in [0.25, 0.3) is 0 Å². The van der Waals surface area contributed by atoms with E-state index in [-0.39, 0.29) is 6.10 Å². The van der Waals surface area contributed by atoms with E-state index in [1.165, 1.54) is 51.4 Å². The van der Waals surface area contributed by atoms with E-state index in [1.54, 1.807) is 5.57 Å². The van der Waals surface area contributed by atoms with E-state index in [9.17, 15) is 5.11 Å². The second kappa shape index (κ2) is 10.4. The van der Waals surface area contributed by atoms with Crippen LogP contribution in [0.1, 0.15) is 106 Å². The van der Waals surface area contributed by atoms with Gasteiger partial charge in [-0.25, -0.2) is 0 Å². The summed E-state index contributed by atoms with van der Waals surface area (Å²) in [6, 6.07) is 0. The molecule has 0 radical (unpaired) electrons. The molecule has 0 aromatic carbocycles. The van der Waals surface area contributed by atoms with Crippen molar-refractivity contribution in [2.75, 3.05) is 0 Å². The van der Waals surface area contributed by atoms with Gasteiger partial charge in [-0.3, -0.25) is 0 Å². The van der Waals surface area contributed by atoms with Crippen LogP contribution in [0.3, 0.4) is 0 Å². The Balaban J connectivity index is 1.72. The number of aliphatic hydroxyl groups is 1. The van der Waals surface area contributed by atoms with Gasteiger partial charge in [-0.15, -0.1) is 0 Å². The van der Waals surface area contributed by atoms with Gasteiger partial charge in [0, 0.05) is 0 Å². The van der Waals surface area contributed by atoms with Crippen LogP contribution in [0.15, 0.2) is 23.8 Å². The summed E-state index contributed by atoms with van der Waals surface area (Å²) in [5, 5.41) is 10.3. The van der Waals surface area contributed by atoms with Crippen molar-refractivity contribution < 1.29 is 5.11 Å². The van der Waals surface area contributed by atoms with Gasteiger partial charge in [0.05, 0.1) is 6.10 Å². The molecule has 0 bridgehead atoms. The first kappa shape index (κ1) is 24.1. The van der Waals surface area contributed by atoms with Crippen LogP contribution >= 0.6 is 0 Å². The van der Waals surface area contributed by atoms with Gasteiger partial charge in [0.2, 0.25) is 0 Å². The summed E-state index contributed by atoms with van der Waals surface area (Å²) in [5.41, 5.74) is 2.05. The number of fused-ring (bicyclic) bond motifs is 3. The Morgan fingerprint density at radius 2 is 1.87 bits per heavy atom. The topological polar surface area (TPSA) is 20.2 Å². The van der Waals surface area contributed by atoms with E-state index in [0.717, 1.165) is 42.4 Å². The van der Waals surface area contributed by atoms with E-state index in [4.69, 9.17) is 0 Å². The Bertz CT molecular complexity index is 601. The van der Waals surface area contributed by atoms with Gasteiger partial charge < -0.3 is 5.11 Å². The summed E-state index contributed by atoms with van der Waals surface area (Å²) in [4.78, 5) is 0. The molecule has 2 saturated carbocycles. The summed E-state index contributed by atoms with van der Waals surface area (Å²) in [6.07, 6.45) is 20.1. The highest BCUT2D eigenvalue weighted by molar-refractivity contribution is 5.27. The number of allylic oxidation sites excluding steroid dienone is 4. The SMILES string of the molecule is CC[C@H](CC[C@@H](C)[C@H]1C/C=C/[C@@H]2CC[C@H]3C[C@@H](O)CC[C@]3(C)C2=CC[C@@H]1C)C(C)C. The van der Waals surface area contributed by atoms with Gasteiger partial charge in [-0.2, -0.15) is 0 Å². The van der Waals surface area contributed by atoms with Gasteiger partial charge in [0.1, 0.15) is 0 Å². The molecule has 1 N–H and O–H groups in total. The van der Waals surface area contributed by atoms with Crippen molar-refractivity contribution in [2.24, 2.45) is 46.8 Å². The maximum atomic E-state index is 10.3. The van der Waals surface area contributed by atoms with E-state index < -0.39 is 0 Å². The molecule has 1 heteroatoms. The molecule has 0 saturated heterocycles. The van der Waals surface area contributed by atoms with Crippen LogP contribution in [0.2, 0.25) is 0 Å². The molecule has 3 aliphatic carbocycles. The lowest BCUT2D eigenvalue weighted by atomic mass is 9.55. The first-order valence-corrected chi connectivity index (χ1v) is 13.3. The lowest BCUT2D eigenvalue weighted by molar-refractivity contribution is 0.0158. The molecular formula is C29H50O. The molecule has 1 nitrogen and oxygen atoms in total. The van der Waals surface area contributed by atoms with E-state index >= 15 is 0 Å². The molecule has 3 aliphatic rings. The Kier molecular flexibility index (Phi) is 8.33. The largest absolute Gasteiger partial charge is 0.393 e. The summed E-state index contributed by atoms with van der Waals surface area (Å²) >= 11 is 0. The quantitative estimate of drug-likeness (QED) is 0.434. The highest BCUT2D eigenvalue weighted by Crippen LogP contribution is 2.56. The lowest BCUT2D eigenvalue weighted by Crippen LogP contribution is -2.42. The molecule has 0 aliphatic heterocycles. The Morgan fingerprint density at radius 1 is 1.10 bits per heavy atom. The van der Waals surface area contributed by atoms with Crippen LogP contribution in [0.5, 0.6) is 0 Å². The molecule has 3 rings (SSSR count). The second-order valence-electron chi connectivity index (χ2n) is 11.9. The molecular weight excluding hydrogens is 364 g/mol. The molecule has 0 spiro atoms. The summed E-state index contributed by atoms with van der Waals surface area (Å²) in [6.45, 7) is 14.7. The van der Waals surface area contributed by atoms with Crippen LogP contribution in [0.25, 0.3) is 0 Å². The monoisotopic (exact) mass is 414 g/mol. The maximum absolute atomic E-state index is 10.3. The molecule has 0 unspecified atom stereocenters. The number of rotatable bonds is 6. The third-order valence-corrected chi connectivity index (χ3v) is 9.75. The Labute approximate surface area is 187 Å². The Morgan fingerprint density at radius 3 is 2.57 bits per heavy atom. The zero-order valence-corrected chi connectivity index (χ0v) is 20.9. The van der Waals surface area contributed by atoms with Crippen LogP contribution in [0.4, 0.5) is 0 Å². The van der Waals surface area contributed by atoms with Crippen molar-refractivity contribution in [1.82, 2.24) is 0 Å². The van der Waals surface area contributed by atoms with Crippen LogP contribution in [-0.2, 0) is 0 Å². The average Bonchev–Trinajstić information content (AvgIpc) is 2.78. The van der Waals surface area contributed by atoms with Crippen LogP contribution in [0, 0.1) is 46.8 Å². The standard InChI is InChI=1S/C29H50O/c1-7-23(20(2)3)13-11-21(4)27-10-8-9-24-14-15-25-19-26(30)17-18-29(25,6)28(24)16-12-22(27)5/h8-9,16,20-27,30H,7,10-15,17-19H2,1-6H3/b9-8+,28-16?/t21-,22+,23-,24-,25+,26+,27-,29+/m1/s1. The van der Waals surface area contributed by atoms with Gasteiger partial charge >= 0.3 is 0 Å². The lowest BCUT2D eigenvalue weighted by Gasteiger charge is -2.51. The fraction of sp³-hybridized carbons (Fsp3) is 0.862. The Hall–Kier alpha value is -0.560. The third-order valence-electron chi connectivity index (χ3n) is 9.75. The third kappa shape index (κ3) is 5.25. The van der Waals surface area contributed by atoms with E-state index in [0.29, 0.717) is 17.3 Å². The zero-order valence-electron chi connectivity index (χ0n) is 20.9. The van der Waals surface area contributed by atoms with Gasteiger partial charge in [0.15, 0.2) is 0 Å². The van der Waals surface area contributed by atoms with Crippen molar-refractivity contribution >= 4 is 0 Å². The summed E-state index contributed by atoms with van der Waals surface area (Å²) in [7, 11) is 0. The van der Waals surface area contributed by atoms with E-state index in [2.05, 4.69) is 59.8 Å². The average molecular weight is 415 g/mol. The number of hydrogen-bond donors (Lipinski definition) is 1. The molecule has 0 aromatic rings. The molecule has 2 fully saturated rings. The molecule has 0 heterocycles. The number of hydrogen-bond acceptors (Lipinski definition) is 1. The second-order valence-corrected chi connectivity index (χ2v) is 11.9. The fourth-order valence-corrected chi connectivity index (χ4v) is 7.35. The minimum Gasteiger partial charge on any atom is -0.393 e. The van der Waals surface area contributed by atoms with Crippen LogP contribution in [-0.4, -0.2) is 11.2 Å². The first-order chi connectivity index (χ1) is 14.3. The maximum Gasteiger partial charge on any atom is 0.0543 e. The molecule has 0 amide bonds. The number of aliphatic hydroxyl groups excluding tert-OH is 1. The van der Waals surface area contributed by atoms with Gasteiger partial charge in [-0.05, 0) is 98.2 Å². The molecule has 30 heavy (non-hydrogen) atoms. The predicted octanol–water partition coefficient (Wildman–Crippen LogP) is 8.19. The van der Waals surface area contributed by atoms with Crippen molar-refractivity contribution in [3.63, 3.8) is 0 Å². The zero-order chi connectivity index (χ0) is 21.9. The minimum atomic E-state index is -0.0611. The van der Waals surface area contributed by atoms with Gasteiger partial charge in [-0.1, -0.05) is 78.2 Å². The smallest absolute Gasteiger partial charge is 0.0543 e. The predicted molar refractivity (Wildman–Crippen MR) is 130 cm³/mol. The highest BCUT2D eigenvalue weighted by atomic mass is 16.3. The fourth-order valence-electron chi connectivity index (χ4n) is 7.35. The summed E-state index contributed by atoms with van der Waals surface area (Å²) in [5.74, 6) is 5.41. The van der Waals surface area contributed by atoms with Crippen LogP contribution < -0.4 is 0 Å². The normalized spacial score (nSPS) is 40.3. The molecule has 172 valence electrons. The molecule has 0 aromatic heterocycles. The minimum absolute atomic E-state index is 0.0611. The van der Waals surface area contributed by atoms with E-state index in [1.807, 2.05) is 0 Å². The van der Waals surface area contributed by atoms with Crippen molar-refractivity contribution in [1.29, 1.82) is 0 Å². The highest BCUT2D eigenvalue weighted by Gasteiger charge is 2.46. The van der Waals surface area contributed by atoms with Crippen molar-refractivity contribution in [3.8, 4) is 0 Å².